The lowest BCUT2D eigenvalue weighted by atomic mass is 10.4. The molecule has 3 nitrogen and oxygen atoms in total. The lowest BCUT2D eigenvalue weighted by Gasteiger charge is -2.22. The maximum absolute atomic E-state index is 12.0. The van der Waals surface area contributed by atoms with Gasteiger partial charge in [0.1, 0.15) is 0 Å². The molecule has 2 atom stereocenters. The normalized spacial score (nSPS) is 24.2. The van der Waals surface area contributed by atoms with Crippen molar-refractivity contribution in [1.29, 1.82) is 0 Å². The molecule has 0 aromatic carbocycles. The van der Waals surface area contributed by atoms with Gasteiger partial charge in [-0.15, -0.1) is 0 Å². The van der Waals surface area contributed by atoms with Crippen molar-refractivity contribution >= 4 is 6.21 Å². The van der Waals surface area contributed by atoms with Crippen LogP contribution in [0.4, 0.5) is 13.2 Å². The van der Waals surface area contributed by atoms with Crippen LogP contribution in [0, 0.1) is 6.20 Å². The fourth-order valence-electron chi connectivity index (χ4n) is 0.681. The summed E-state index contributed by atoms with van der Waals surface area (Å²) >= 11 is 0. The van der Waals surface area contributed by atoms with Crippen LogP contribution in [0.3, 0.4) is 0 Å². The predicted molar refractivity (Wildman–Crippen MR) is 39.8 cm³/mol. The Morgan fingerprint density at radius 3 is 2.77 bits per heavy atom. The molecule has 1 rings (SSSR count). The standard InChI is InChI=1S/C7H8F3N2O/c1-5(7(8,9)10)13-6-4-11-2-3-12-6/h2,4-6,12H,1H3. The van der Waals surface area contributed by atoms with Crippen molar-refractivity contribution in [2.24, 2.45) is 4.99 Å². The molecule has 73 valence electrons. The van der Waals surface area contributed by atoms with Crippen LogP contribution in [0.15, 0.2) is 11.2 Å². The molecule has 1 radical (unpaired) electrons. The van der Waals surface area contributed by atoms with E-state index < -0.39 is 18.5 Å². The molecule has 1 aliphatic rings. The third-order valence-corrected chi connectivity index (χ3v) is 1.40. The Hall–Kier alpha value is -1.04. The summed E-state index contributed by atoms with van der Waals surface area (Å²) in [5.74, 6) is 0. The molecule has 0 bridgehead atoms. The average molecular weight is 193 g/mol. The van der Waals surface area contributed by atoms with E-state index in [1.54, 1.807) is 0 Å². The summed E-state index contributed by atoms with van der Waals surface area (Å²) < 4.78 is 40.5. The largest absolute Gasteiger partial charge is 0.414 e. The molecule has 0 spiro atoms. The Kier molecular flexibility index (Phi) is 2.92. The molecule has 0 saturated heterocycles. The summed E-state index contributed by atoms with van der Waals surface area (Å²) in [4.78, 5) is 3.58. The number of rotatable bonds is 2. The summed E-state index contributed by atoms with van der Waals surface area (Å²) in [7, 11) is 0. The van der Waals surface area contributed by atoms with E-state index in [4.69, 9.17) is 0 Å². The van der Waals surface area contributed by atoms with Gasteiger partial charge in [-0.1, -0.05) is 0 Å². The molecule has 0 aromatic heterocycles. The number of nitrogens with one attached hydrogen (secondary N) is 1. The van der Waals surface area contributed by atoms with Crippen molar-refractivity contribution in [2.45, 2.75) is 25.4 Å². The second kappa shape index (κ2) is 3.78. The molecule has 1 aliphatic heterocycles. The third kappa shape index (κ3) is 3.06. The SMILES string of the molecule is CC(OC1C=NC=[C]N1)C(F)(F)F. The van der Waals surface area contributed by atoms with Crippen LogP contribution in [-0.2, 0) is 4.74 Å². The minimum absolute atomic E-state index is 0.860. The van der Waals surface area contributed by atoms with Gasteiger partial charge in [-0.2, -0.15) is 13.2 Å². The van der Waals surface area contributed by atoms with Crippen LogP contribution in [0.25, 0.3) is 0 Å². The molecular weight excluding hydrogens is 185 g/mol. The zero-order valence-electron chi connectivity index (χ0n) is 6.80. The predicted octanol–water partition coefficient (Wildman–Crippen LogP) is 1.23. The lowest BCUT2D eigenvalue weighted by Crippen LogP contribution is -2.39. The summed E-state index contributed by atoms with van der Waals surface area (Å²) in [6, 6.07) is 0. The van der Waals surface area contributed by atoms with E-state index in [0.717, 1.165) is 6.92 Å². The van der Waals surface area contributed by atoms with Gasteiger partial charge >= 0.3 is 6.18 Å². The van der Waals surface area contributed by atoms with Gasteiger partial charge in [0.2, 0.25) is 0 Å². The van der Waals surface area contributed by atoms with Gasteiger partial charge in [-0.05, 0) is 6.92 Å². The Bertz CT molecular complexity index is 224. The summed E-state index contributed by atoms with van der Waals surface area (Å²) in [6.07, 6.45) is -2.07. The number of hydrogen-bond acceptors (Lipinski definition) is 3. The van der Waals surface area contributed by atoms with Crippen molar-refractivity contribution in [3.05, 3.63) is 12.4 Å². The van der Waals surface area contributed by atoms with Crippen molar-refractivity contribution in [1.82, 2.24) is 5.32 Å². The van der Waals surface area contributed by atoms with Crippen LogP contribution in [0.1, 0.15) is 6.92 Å². The number of hydrogen-bond donors (Lipinski definition) is 1. The van der Waals surface area contributed by atoms with E-state index in [2.05, 4.69) is 21.2 Å². The Morgan fingerprint density at radius 2 is 2.31 bits per heavy atom. The number of nitrogens with zero attached hydrogens (tertiary/aromatic N) is 1. The molecule has 0 aliphatic carbocycles. The van der Waals surface area contributed by atoms with Crippen LogP contribution < -0.4 is 5.32 Å². The molecular formula is C7H8F3N2O. The van der Waals surface area contributed by atoms with E-state index >= 15 is 0 Å². The Labute approximate surface area is 73.3 Å². The topological polar surface area (TPSA) is 33.6 Å². The van der Waals surface area contributed by atoms with Gasteiger partial charge in [0.25, 0.3) is 0 Å². The van der Waals surface area contributed by atoms with Gasteiger partial charge in [-0.25, -0.2) is 0 Å². The average Bonchev–Trinajstić information content (AvgIpc) is 2.04. The Balaban J connectivity index is 2.41. The minimum Gasteiger partial charge on any atom is -0.353 e. The molecule has 0 aromatic rings. The first-order chi connectivity index (χ1) is 6.00. The summed E-state index contributed by atoms with van der Waals surface area (Å²) in [6.45, 7) is 0.938. The number of alkyl halides is 3. The van der Waals surface area contributed by atoms with Gasteiger partial charge in [0.15, 0.2) is 12.3 Å². The molecule has 0 fully saturated rings. The molecule has 1 N–H and O–H groups in total. The highest BCUT2D eigenvalue weighted by Gasteiger charge is 2.38. The molecule has 0 amide bonds. The van der Waals surface area contributed by atoms with Gasteiger partial charge in [0.05, 0.1) is 18.6 Å². The highest BCUT2D eigenvalue weighted by Crippen LogP contribution is 2.22. The first kappa shape index (κ1) is 10.0. The highest BCUT2D eigenvalue weighted by molar-refractivity contribution is 5.64. The maximum atomic E-state index is 12.0. The van der Waals surface area contributed by atoms with Crippen LogP contribution >= 0.6 is 0 Å². The molecule has 1 heterocycles. The Morgan fingerprint density at radius 1 is 1.62 bits per heavy atom. The van der Waals surface area contributed by atoms with Crippen molar-refractivity contribution < 1.29 is 17.9 Å². The summed E-state index contributed by atoms with van der Waals surface area (Å²) in [5.41, 5.74) is 0. The second-order valence-corrected chi connectivity index (χ2v) is 2.46. The van der Waals surface area contributed by atoms with Gasteiger partial charge in [0, 0.05) is 0 Å². The maximum Gasteiger partial charge on any atom is 0.414 e. The lowest BCUT2D eigenvalue weighted by molar-refractivity contribution is -0.221. The monoisotopic (exact) mass is 193 g/mol. The van der Waals surface area contributed by atoms with Gasteiger partial charge in [-0.3, -0.25) is 4.99 Å². The van der Waals surface area contributed by atoms with Crippen molar-refractivity contribution in [2.75, 3.05) is 0 Å². The van der Waals surface area contributed by atoms with E-state index in [-0.39, 0.29) is 0 Å². The van der Waals surface area contributed by atoms with Gasteiger partial charge < -0.3 is 10.1 Å². The smallest absolute Gasteiger partial charge is 0.353 e. The molecule has 6 heteroatoms. The van der Waals surface area contributed by atoms with E-state index in [0.29, 0.717) is 0 Å². The first-order valence-electron chi connectivity index (χ1n) is 3.58. The molecule has 0 saturated carbocycles. The van der Waals surface area contributed by atoms with Crippen LogP contribution in [0.2, 0.25) is 0 Å². The van der Waals surface area contributed by atoms with Crippen LogP contribution in [-0.4, -0.2) is 24.7 Å². The van der Waals surface area contributed by atoms with E-state index in [1.807, 2.05) is 0 Å². The van der Waals surface area contributed by atoms with E-state index in [1.165, 1.54) is 12.4 Å². The van der Waals surface area contributed by atoms with Crippen LogP contribution in [0.5, 0.6) is 0 Å². The third-order valence-electron chi connectivity index (χ3n) is 1.40. The number of aliphatic imine (C=N–C) groups is 1. The first-order valence-corrected chi connectivity index (χ1v) is 3.58. The zero-order valence-corrected chi connectivity index (χ0v) is 6.80. The molecule has 13 heavy (non-hydrogen) atoms. The van der Waals surface area contributed by atoms with Crippen molar-refractivity contribution in [3.8, 4) is 0 Å². The van der Waals surface area contributed by atoms with E-state index in [9.17, 15) is 13.2 Å². The zero-order chi connectivity index (χ0) is 9.90. The number of halogens is 3. The minimum atomic E-state index is -4.35. The molecule has 2 unspecified atom stereocenters. The fourth-order valence-corrected chi connectivity index (χ4v) is 0.681. The highest BCUT2D eigenvalue weighted by atomic mass is 19.4. The second-order valence-electron chi connectivity index (χ2n) is 2.46. The fraction of sp³-hybridized carbons (Fsp3) is 0.571. The van der Waals surface area contributed by atoms with Crippen molar-refractivity contribution in [3.63, 3.8) is 0 Å². The number of ether oxygens (including phenoxy) is 1. The quantitative estimate of drug-likeness (QED) is 0.715. The summed E-state index contributed by atoms with van der Waals surface area (Å²) in [5, 5.41) is 2.44.